The van der Waals surface area contributed by atoms with E-state index >= 15 is 0 Å². The fourth-order valence-electron chi connectivity index (χ4n) is 1.49. The van der Waals surface area contributed by atoms with Crippen LogP contribution in [0, 0.1) is 17.5 Å². The van der Waals surface area contributed by atoms with Crippen LogP contribution in [0.25, 0.3) is 5.69 Å². The van der Waals surface area contributed by atoms with Crippen molar-refractivity contribution in [1.29, 1.82) is 0 Å². The van der Waals surface area contributed by atoms with E-state index < -0.39 is 40.2 Å². The van der Waals surface area contributed by atoms with Gasteiger partial charge in [0.1, 0.15) is 11.5 Å². The first-order valence-electron chi connectivity index (χ1n) is 5.27. The van der Waals surface area contributed by atoms with E-state index in [1.165, 1.54) is 0 Å². The van der Waals surface area contributed by atoms with Crippen molar-refractivity contribution in [3.05, 3.63) is 57.8 Å². The number of hydrogen-bond acceptors (Lipinski definition) is 4. The van der Waals surface area contributed by atoms with Gasteiger partial charge in [-0.05, 0) is 0 Å². The number of halogens is 3. The number of hydrogen-bond donors (Lipinski definition) is 0. The minimum atomic E-state index is -1.42. The number of esters is 1. The van der Waals surface area contributed by atoms with Crippen LogP contribution >= 0.6 is 0 Å². The van der Waals surface area contributed by atoms with Crippen molar-refractivity contribution in [2.24, 2.45) is 0 Å². The Balaban J connectivity index is 2.65. The third kappa shape index (κ3) is 2.40. The summed E-state index contributed by atoms with van der Waals surface area (Å²) < 4.78 is 44.8. The van der Waals surface area contributed by atoms with E-state index in [2.05, 4.69) is 9.84 Å². The van der Waals surface area contributed by atoms with E-state index in [0.717, 1.165) is 19.4 Å². The van der Waals surface area contributed by atoms with E-state index in [0.29, 0.717) is 16.8 Å². The summed E-state index contributed by atoms with van der Waals surface area (Å²) in [5.74, 6) is -4.85. The molecule has 2 rings (SSSR count). The molecule has 0 aliphatic rings. The van der Waals surface area contributed by atoms with Gasteiger partial charge < -0.3 is 4.74 Å². The highest BCUT2D eigenvalue weighted by Gasteiger charge is 2.17. The van der Waals surface area contributed by atoms with Gasteiger partial charge in [-0.1, -0.05) is 0 Å². The Hall–Kier alpha value is -2.64. The molecule has 0 radical (unpaired) electrons. The van der Waals surface area contributed by atoms with E-state index in [1.54, 1.807) is 0 Å². The standard InChI is InChI=1S/C12H7F3N2O3/c1-20-12(19)11-9(18)2-3-17(16-11)8-5-6(13)4-7(14)10(8)15/h2-5H,1H3. The van der Waals surface area contributed by atoms with Crippen molar-refractivity contribution in [2.45, 2.75) is 0 Å². The Bertz CT molecular complexity index is 743. The van der Waals surface area contributed by atoms with Crippen LogP contribution in [0.1, 0.15) is 10.5 Å². The van der Waals surface area contributed by atoms with E-state index in [4.69, 9.17) is 0 Å². The second-order valence-electron chi connectivity index (χ2n) is 3.69. The molecule has 20 heavy (non-hydrogen) atoms. The molecule has 0 fully saturated rings. The molecule has 0 amide bonds. The van der Waals surface area contributed by atoms with Crippen LogP contribution in [0.5, 0.6) is 0 Å². The Labute approximate surface area is 110 Å². The number of rotatable bonds is 2. The molecule has 1 aromatic carbocycles. The summed E-state index contributed by atoms with van der Waals surface area (Å²) in [7, 11) is 1.03. The summed E-state index contributed by atoms with van der Waals surface area (Å²) in [6, 6.07) is 1.95. The van der Waals surface area contributed by atoms with Crippen molar-refractivity contribution < 1.29 is 22.7 Å². The minimum absolute atomic E-state index is 0.364. The quantitative estimate of drug-likeness (QED) is 0.618. The third-order valence-electron chi connectivity index (χ3n) is 2.41. The van der Waals surface area contributed by atoms with Gasteiger partial charge in [0.25, 0.3) is 0 Å². The van der Waals surface area contributed by atoms with Gasteiger partial charge in [0.2, 0.25) is 11.1 Å². The highest BCUT2D eigenvalue weighted by Crippen LogP contribution is 2.17. The Morgan fingerprint density at radius 3 is 2.65 bits per heavy atom. The molecule has 0 N–H and O–H groups in total. The number of carbonyl (C=O) groups excluding carboxylic acids is 1. The number of benzene rings is 1. The molecular weight excluding hydrogens is 277 g/mol. The second-order valence-corrected chi connectivity index (χ2v) is 3.69. The lowest BCUT2D eigenvalue weighted by Crippen LogP contribution is -2.22. The van der Waals surface area contributed by atoms with Crippen molar-refractivity contribution in [3.63, 3.8) is 0 Å². The molecular formula is C12H7F3N2O3. The normalized spacial score (nSPS) is 10.4. The lowest BCUT2D eigenvalue weighted by atomic mass is 10.3. The van der Waals surface area contributed by atoms with E-state index in [9.17, 15) is 22.8 Å². The molecule has 104 valence electrons. The molecule has 1 aromatic heterocycles. The first-order valence-corrected chi connectivity index (χ1v) is 5.27. The summed E-state index contributed by atoms with van der Waals surface area (Å²) in [6.45, 7) is 0. The summed E-state index contributed by atoms with van der Waals surface area (Å²) in [6.07, 6.45) is 0.978. The highest BCUT2D eigenvalue weighted by atomic mass is 19.2. The minimum Gasteiger partial charge on any atom is -0.464 e. The van der Waals surface area contributed by atoms with E-state index in [1.807, 2.05) is 0 Å². The monoisotopic (exact) mass is 284 g/mol. The zero-order valence-electron chi connectivity index (χ0n) is 10.1. The maximum absolute atomic E-state index is 13.6. The van der Waals surface area contributed by atoms with Gasteiger partial charge in [-0.3, -0.25) is 4.79 Å². The van der Waals surface area contributed by atoms with Gasteiger partial charge in [0, 0.05) is 24.4 Å². The van der Waals surface area contributed by atoms with Crippen molar-refractivity contribution in [3.8, 4) is 5.69 Å². The predicted molar refractivity (Wildman–Crippen MR) is 61.0 cm³/mol. The topological polar surface area (TPSA) is 61.2 Å². The van der Waals surface area contributed by atoms with Crippen LogP contribution in [0.15, 0.2) is 29.2 Å². The van der Waals surface area contributed by atoms with Gasteiger partial charge in [-0.15, -0.1) is 0 Å². The zero-order valence-corrected chi connectivity index (χ0v) is 10.1. The molecule has 5 nitrogen and oxygen atoms in total. The van der Waals surface area contributed by atoms with Gasteiger partial charge in [0.15, 0.2) is 11.6 Å². The summed E-state index contributed by atoms with van der Waals surface area (Å²) in [5, 5.41) is 3.51. The molecule has 0 aliphatic heterocycles. The van der Waals surface area contributed by atoms with Crippen molar-refractivity contribution in [1.82, 2.24) is 9.78 Å². The molecule has 0 unspecified atom stereocenters. The average molecular weight is 284 g/mol. The largest absolute Gasteiger partial charge is 0.464 e. The first kappa shape index (κ1) is 13.8. The number of methoxy groups -OCH3 is 1. The van der Waals surface area contributed by atoms with Gasteiger partial charge in [0.05, 0.1) is 7.11 Å². The molecule has 0 saturated carbocycles. The molecule has 0 saturated heterocycles. The van der Waals surface area contributed by atoms with E-state index in [-0.39, 0.29) is 0 Å². The molecule has 0 spiro atoms. The Morgan fingerprint density at radius 1 is 1.30 bits per heavy atom. The summed E-state index contributed by atoms with van der Waals surface area (Å²) in [4.78, 5) is 22.7. The van der Waals surface area contributed by atoms with Crippen LogP contribution in [-0.2, 0) is 4.74 Å². The SMILES string of the molecule is COC(=O)c1nn(-c2cc(F)cc(F)c2F)ccc1=O. The Morgan fingerprint density at radius 2 is 2.00 bits per heavy atom. The lowest BCUT2D eigenvalue weighted by molar-refractivity contribution is 0.0590. The number of carbonyl (C=O) groups is 1. The van der Waals surface area contributed by atoms with Crippen LogP contribution in [-0.4, -0.2) is 22.9 Å². The molecule has 2 aromatic rings. The molecule has 1 heterocycles. The predicted octanol–water partition coefficient (Wildman–Crippen LogP) is 1.44. The molecule has 0 aliphatic carbocycles. The van der Waals surface area contributed by atoms with Crippen LogP contribution in [0.2, 0.25) is 0 Å². The summed E-state index contributed by atoms with van der Waals surface area (Å²) in [5.41, 5.74) is -1.96. The Kier molecular flexibility index (Phi) is 3.55. The van der Waals surface area contributed by atoms with Gasteiger partial charge in [-0.25, -0.2) is 22.6 Å². The maximum Gasteiger partial charge on any atom is 0.362 e. The summed E-state index contributed by atoms with van der Waals surface area (Å²) >= 11 is 0. The number of nitrogens with zero attached hydrogens (tertiary/aromatic N) is 2. The average Bonchev–Trinajstić information content (AvgIpc) is 2.42. The zero-order chi connectivity index (χ0) is 14.9. The van der Waals surface area contributed by atoms with Crippen LogP contribution in [0.4, 0.5) is 13.2 Å². The molecule has 8 heteroatoms. The van der Waals surface area contributed by atoms with Crippen molar-refractivity contribution >= 4 is 5.97 Å². The molecule has 0 atom stereocenters. The first-order chi connectivity index (χ1) is 9.43. The van der Waals surface area contributed by atoms with Gasteiger partial charge in [-0.2, -0.15) is 5.10 Å². The van der Waals surface area contributed by atoms with Gasteiger partial charge >= 0.3 is 5.97 Å². The third-order valence-corrected chi connectivity index (χ3v) is 2.41. The fraction of sp³-hybridized carbons (Fsp3) is 0.0833. The van der Waals surface area contributed by atoms with Crippen LogP contribution < -0.4 is 5.43 Å². The van der Waals surface area contributed by atoms with Crippen molar-refractivity contribution in [2.75, 3.05) is 7.11 Å². The fourth-order valence-corrected chi connectivity index (χ4v) is 1.49. The second kappa shape index (κ2) is 5.16. The van der Waals surface area contributed by atoms with Crippen LogP contribution in [0.3, 0.4) is 0 Å². The number of ether oxygens (including phenoxy) is 1. The lowest BCUT2D eigenvalue weighted by Gasteiger charge is -2.08. The molecule has 0 bridgehead atoms. The smallest absolute Gasteiger partial charge is 0.362 e. The number of aromatic nitrogens is 2. The maximum atomic E-state index is 13.6. The highest BCUT2D eigenvalue weighted by molar-refractivity contribution is 5.86.